The zero-order chi connectivity index (χ0) is 14.0. The van der Waals surface area contributed by atoms with Gasteiger partial charge in [0.2, 0.25) is 5.91 Å². The molecular weight excluding hydrogens is 246 g/mol. The maximum Gasteiger partial charge on any atom is 0.307 e. The number of hydrogen-bond acceptors (Lipinski definition) is 3. The molecule has 1 aliphatic carbocycles. The molecule has 0 radical (unpaired) electrons. The number of aliphatic carboxylic acids is 1. The fourth-order valence-electron chi connectivity index (χ4n) is 2.62. The number of carboxylic acid groups (broad SMARTS) is 1. The van der Waals surface area contributed by atoms with Gasteiger partial charge in [-0.15, -0.1) is 0 Å². The SMILES string of the molecule is NC(=O)CCC(=O)C1c2ccccc2CC1C(=O)O. The summed E-state index contributed by atoms with van der Waals surface area (Å²) >= 11 is 0. The van der Waals surface area contributed by atoms with Gasteiger partial charge in [-0.3, -0.25) is 14.4 Å². The number of ketones is 1. The van der Waals surface area contributed by atoms with Gasteiger partial charge in [-0.1, -0.05) is 24.3 Å². The van der Waals surface area contributed by atoms with E-state index in [4.69, 9.17) is 5.73 Å². The van der Waals surface area contributed by atoms with Crippen molar-refractivity contribution in [3.8, 4) is 0 Å². The summed E-state index contributed by atoms with van der Waals surface area (Å²) in [7, 11) is 0. The first kappa shape index (κ1) is 13.3. The van der Waals surface area contributed by atoms with Crippen LogP contribution in [0.25, 0.3) is 0 Å². The van der Waals surface area contributed by atoms with Crippen LogP contribution in [0.2, 0.25) is 0 Å². The van der Waals surface area contributed by atoms with E-state index in [2.05, 4.69) is 0 Å². The standard InChI is InChI=1S/C14H15NO4/c15-12(17)6-5-11(16)13-9-4-2-1-3-8(9)7-10(13)14(18)19/h1-4,10,13H,5-7H2,(H2,15,17)(H,18,19). The molecule has 0 saturated heterocycles. The molecule has 0 bridgehead atoms. The summed E-state index contributed by atoms with van der Waals surface area (Å²) < 4.78 is 0. The molecule has 1 aromatic rings. The minimum atomic E-state index is -0.978. The Morgan fingerprint density at radius 2 is 1.89 bits per heavy atom. The van der Waals surface area contributed by atoms with Gasteiger partial charge in [-0.2, -0.15) is 0 Å². The highest BCUT2D eigenvalue weighted by Crippen LogP contribution is 2.39. The van der Waals surface area contributed by atoms with Crippen molar-refractivity contribution in [1.29, 1.82) is 0 Å². The third-order valence-corrected chi connectivity index (χ3v) is 3.51. The third-order valence-electron chi connectivity index (χ3n) is 3.51. The molecule has 5 nitrogen and oxygen atoms in total. The number of rotatable bonds is 5. The van der Waals surface area contributed by atoms with Crippen LogP contribution in [-0.2, 0) is 20.8 Å². The summed E-state index contributed by atoms with van der Waals surface area (Å²) in [6.07, 6.45) is 0.320. The van der Waals surface area contributed by atoms with Crippen LogP contribution in [-0.4, -0.2) is 22.8 Å². The highest BCUT2D eigenvalue weighted by atomic mass is 16.4. The van der Waals surface area contributed by atoms with Crippen molar-refractivity contribution in [2.24, 2.45) is 11.7 Å². The van der Waals surface area contributed by atoms with Crippen LogP contribution < -0.4 is 5.73 Å². The van der Waals surface area contributed by atoms with Crippen molar-refractivity contribution in [3.05, 3.63) is 35.4 Å². The van der Waals surface area contributed by atoms with Gasteiger partial charge in [0, 0.05) is 12.8 Å². The van der Waals surface area contributed by atoms with Crippen LogP contribution in [0.1, 0.15) is 29.9 Å². The minimum Gasteiger partial charge on any atom is -0.481 e. The van der Waals surface area contributed by atoms with E-state index < -0.39 is 23.7 Å². The lowest BCUT2D eigenvalue weighted by Gasteiger charge is -2.15. The van der Waals surface area contributed by atoms with Crippen LogP contribution in [0, 0.1) is 5.92 Å². The van der Waals surface area contributed by atoms with Gasteiger partial charge in [0.25, 0.3) is 0 Å². The molecule has 0 saturated carbocycles. The van der Waals surface area contributed by atoms with Crippen LogP contribution in [0.15, 0.2) is 24.3 Å². The normalized spacial score (nSPS) is 20.8. The Morgan fingerprint density at radius 1 is 1.21 bits per heavy atom. The lowest BCUT2D eigenvalue weighted by molar-refractivity contribution is -0.144. The second-order valence-electron chi connectivity index (χ2n) is 4.76. The number of carbonyl (C=O) groups excluding carboxylic acids is 2. The average molecular weight is 261 g/mol. The van der Waals surface area contributed by atoms with E-state index in [0.29, 0.717) is 6.42 Å². The summed E-state index contributed by atoms with van der Waals surface area (Å²) in [4.78, 5) is 34.2. The largest absolute Gasteiger partial charge is 0.481 e. The van der Waals surface area contributed by atoms with Crippen molar-refractivity contribution in [3.63, 3.8) is 0 Å². The number of hydrogen-bond donors (Lipinski definition) is 2. The molecule has 0 heterocycles. The monoisotopic (exact) mass is 261 g/mol. The topological polar surface area (TPSA) is 97.5 Å². The molecule has 1 aliphatic rings. The van der Waals surface area contributed by atoms with Crippen molar-refractivity contribution >= 4 is 17.7 Å². The van der Waals surface area contributed by atoms with E-state index in [1.165, 1.54) is 0 Å². The number of benzene rings is 1. The zero-order valence-electron chi connectivity index (χ0n) is 10.3. The maximum absolute atomic E-state index is 12.2. The van der Waals surface area contributed by atoms with Gasteiger partial charge in [-0.25, -0.2) is 0 Å². The van der Waals surface area contributed by atoms with Crippen LogP contribution in [0.4, 0.5) is 0 Å². The van der Waals surface area contributed by atoms with Crippen molar-refractivity contribution in [2.75, 3.05) is 0 Å². The lowest BCUT2D eigenvalue weighted by Crippen LogP contribution is -2.26. The number of primary amides is 1. The number of Topliss-reactive ketones (excluding diaryl/α,β-unsaturated/α-hetero) is 1. The van der Waals surface area contributed by atoms with Crippen molar-refractivity contribution in [1.82, 2.24) is 0 Å². The molecule has 5 heteroatoms. The van der Waals surface area contributed by atoms with Crippen LogP contribution >= 0.6 is 0 Å². The van der Waals surface area contributed by atoms with Gasteiger partial charge in [0.15, 0.2) is 0 Å². The average Bonchev–Trinajstić information content (AvgIpc) is 2.75. The third kappa shape index (κ3) is 2.65. The molecular formula is C14H15NO4. The fourth-order valence-corrected chi connectivity index (χ4v) is 2.62. The number of amides is 1. The smallest absolute Gasteiger partial charge is 0.307 e. The van der Waals surface area contributed by atoms with E-state index in [1.807, 2.05) is 12.1 Å². The molecule has 1 aromatic carbocycles. The molecule has 2 atom stereocenters. The Balaban J connectivity index is 2.26. The van der Waals surface area contributed by atoms with Gasteiger partial charge in [0.1, 0.15) is 5.78 Å². The fraction of sp³-hybridized carbons (Fsp3) is 0.357. The number of carbonyl (C=O) groups is 3. The lowest BCUT2D eigenvalue weighted by atomic mass is 9.86. The molecule has 19 heavy (non-hydrogen) atoms. The Labute approximate surface area is 110 Å². The molecule has 3 N–H and O–H groups in total. The highest BCUT2D eigenvalue weighted by molar-refractivity contribution is 5.94. The molecule has 100 valence electrons. The first-order chi connectivity index (χ1) is 9.00. The molecule has 2 rings (SSSR count). The Morgan fingerprint density at radius 3 is 2.53 bits per heavy atom. The number of nitrogens with two attached hydrogens (primary N) is 1. The van der Waals surface area contributed by atoms with Crippen LogP contribution in [0.3, 0.4) is 0 Å². The second kappa shape index (κ2) is 5.22. The number of carboxylic acids is 1. The summed E-state index contributed by atoms with van der Waals surface area (Å²) in [5.41, 5.74) is 6.68. The van der Waals surface area contributed by atoms with Gasteiger partial charge < -0.3 is 10.8 Å². The van der Waals surface area contributed by atoms with Gasteiger partial charge in [-0.05, 0) is 17.5 Å². The Bertz CT molecular complexity index is 538. The quantitative estimate of drug-likeness (QED) is 0.821. The van der Waals surface area contributed by atoms with Crippen LogP contribution in [0.5, 0.6) is 0 Å². The predicted octanol–water partition coefficient (Wildman–Crippen LogP) is 0.862. The minimum absolute atomic E-state index is 0.00187. The Hall–Kier alpha value is -2.17. The Kier molecular flexibility index (Phi) is 3.64. The predicted molar refractivity (Wildman–Crippen MR) is 67.4 cm³/mol. The van der Waals surface area contributed by atoms with E-state index >= 15 is 0 Å². The summed E-state index contributed by atoms with van der Waals surface area (Å²) in [6, 6.07) is 7.24. The van der Waals surface area contributed by atoms with E-state index in [0.717, 1.165) is 11.1 Å². The first-order valence-electron chi connectivity index (χ1n) is 6.12. The molecule has 1 amide bonds. The highest BCUT2D eigenvalue weighted by Gasteiger charge is 2.40. The molecule has 2 unspecified atom stereocenters. The first-order valence-corrected chi connectivity index (χ1v) is 6.12. The zero-order valence-corrected chi connectivity index (χ0v) is 10.3. The van der Waals surface area contributed by atoms with Crippen molar-refractivity contribution in [2.45, 2.75) is 25.2 Å². The molecule has 0 aromatic heterocycles. The van der Waals surface area contributed by atoms with Crippen molar-refractivity contribution < 1.29 is 19.5 Å². The van der Waals surface area contributed by atoms with E-state index in [-0.39, 0.29) is 18.6 Å². The molecule has 0 fully saturated rings. The summed E-state index contributed by atoms with van der Waals surface area (Å²) in [6.45, 7) is 0. The summed E-state index contributed by atoms with van der Waals surface area (Å²) in [5.74, 6) is -3.15. The molecule has 0 spiro atoms. The second-order valence-corrected chi connectivity index (χ2v) is 4.76. The van der Waals surface area contributed by atoms with E-state index in [1.54, 1.807) is 12.1 Å². The number of fused-ring (bicyclic) bond motifs is 1. The molecule has 0 aliphatic heterocycles. The maximum atomic E-state index is 12.2. The van der Waals surface area contributed by atoms with Gasteiger partial charge in [0.05, 0.1) is 11.8 Å². The summed E-state index contributed by atoms with van der Waals surface area (Å²) in [5, 5.41) is 9.24. The van der Waals surface area contributed by atoms with Gasteiger partial charge >= 0.3 is 5.97 Å². The van der Waals surface area contributed by atoms with E-state index in [9.17, 15) is 19.5 Å².